The van der Waals surface area contributed by atoms with E-state index in [0.717, 1.165) is 17.1 Å². The molecule has 0 aliphatic carbocycles. The highest BCUT2D eigenvalue weighted by Gasteiger charge is 2.07. The van der Waals surface area contributed by atoms with E-state index in [2.05, 4.69) is 6.58 Å². The second-order valence-electron chi connectivity index (χ2n) is 2.65. The molecule has 0 aromatic carbocycles. The molecule has 11 heavy (non-hydrogen) atoms. The van der Waals surface area contributed by atoms with E-state index in [1.165, 1.54) is 0 Å². The van der Waals surface area contributed by atoms with Gasteiger partial charge in [-0.2, -0.15) is 0 Å². The third kappa shape index (κ3) is 1.52. The zero-order chi connectivity index (χ0) is 8.43. The van der Waals surface area contributed by atoms with E-state index in [1.807, 2.05) is 19.9 Å². The molecular weight excluding hydrogens is 138 g/mol. The number of furan rings is 1. The minimum absolute atomic E-state index is 0.178. The van der Waals surface area contributed by atoms with E-state index in [1.54, 1.807) is 6.08 Å². The Bertz CT molecular complexity index is 243. The number of hydrogen-bond acceptors (Lipinski definition) is 2. The zero-order valence-corrected chi connectivity index (χ0v) is 6.92. The zero-order valence-electron chi connectivity index (χ0n) is 6.92. The topological polar surface area (TPSA) is 39.2 Å². The fraction of sp³-hybridized carbons (Fsp3) is 0.333. The van der Waals surface area contributed by atoms with Crippen LogP contribution in [0.2, 0.25) is 0 Å². The Morgan fingerprint density at radius 2 is 2.27 bits per heavy atom. The molecule has 0 amide bonds. The number of nitrogens with two attached hydrogens (primary N) is 1. The lowest BCUT2D eigenvalue weighted by Gasteiger charge is -1.98. The average molecular weight is 151 g/mol. The van der Waals surface area contributed by atoms with Crippen molar-refractivity contribution < 1.29 is 4.42 Å². The quantitative estimate of drug-likeness (QED) is 0.657. The molecule has 1 aromatic heterocycles. The van der Waals surface area contributed by atoms with Crippen molar-refractivity contribution in [3.63, 3.8) is 0 Å². The highest BCUT2D eigenvalue weighted by atomic mass is 16.3. The fourth-order valence-corrected chi connectivity index (χ4v) is 0.882. The molecule has 0 saturated carbocycles. The molecule has 0 fully saturated rings. The van der Waals surface area contributed by atoms with Gasteiger partial charge in [-0.05, 0) is 25.5 Å². The van der Waals surface area contributed by atoms with Crippen molar-refractivity contribution in [1.82, 2.24) is 0 Å². The van der Waals surface area contributed by atoms with Gasteiger partial charge in [0, 0.05) is 0 Å². The maximum atomic E-state index is 5.66. The molecule has 1 aromatic rings. The van der Waals surface area contributed by atoms with Gasteiger partial charge in [0.2, 0.25) is 0 Å². The molecule has 0 bridgehead atoms. The second-order valence-corrected chi connectivity index (χ2v) is 2.65. The molecular formula is C9H13NO. The lowest BCUT2D eigenvalue weighted by Crippen LogP contribution is -2.04. The molecule has 0 aliphatic rings. The summed E-state index contributed by atoms with van der Waals surface area (Å²) in [5, 5.41) is 0. The standard InChI is InChI=1S/C9H13NO/c1-4-8(10)9-5-6(2)7(3)11-9/h4-5,8H,1,10H2,2-3H3/t8-/m0/s1. The van der Waals surface area contributed by atoms with E-state index in [4.69, 9.17) is 10.2 Å². The van der Waals surface area contributed by atoms with Crippen molar-refractivity contribution in [2.45, 2.75) is 19.9 Å². The van der Waals surface area contributed by atoms with Crippen molar-refractivity contribution in [2.24, 2.45) is 5.73 Å². The van der Waals surface area contributed by atoms with E-state index >= 15 is 0 Å². The van der Waals surface area contributed by atoms with Crippen LogP contribution < -0.4 is 5.73 Å². The Labute approximate surface area is 66.7 Å². The molecule has 2 N–H and O–H groups in total. The van der Waals surface area contributed by atoms with E-state index < -0.39 is 0 Å². The maximum absolute atomic E-state index is 5.66. The predicted molar refractivity (Wildman–Crippen MR) is 45.3 cm³/mol. The number of rotatable bonds is 2. The Kier molecular flexibility index (Phi) is 2.15. The summed E-state index contributed by atoms with van der Waals surface area (Å²) in [4.78, 5) is 0. The highest BCUT2D eigenvalue weighted by Crippen LogP contribution is 2.18. The Morgan fingerprint density at radius 1 is 1.64 bits per heavy atom. The van der Waals surface area contributed by atoms with Gasteiger partial charge < -0.3 is 10.2 Å². The molecule has 1 atom stereocenters. The Hall–Kier alpha value is -1.02. The van der Waals surface area contributed by atoms with E-state index in [9.17, 15) is 0 Å². The van der Waals surface area contributed by atoms with Crippen LogP contribution in [0.1, 0.15) is 23.1 Å². The Morgan fingerprint density at radius 3 is 2.64 bits per heavy atom. The van der Waals surface area contributed by atoms with Crippen molar-refractivity contribution in [2.75, 3.05) is 0 Å². The van der Waals surface area contributed by atoms with Gasteiger partial charge >= 0.3 is 0 Å². The molecule has 2 heteroatoms. The first-order valence-electron chi connectivity index (χ1n) is 3.60. The molecule has 0 radical (unpaired) electrons. The molecule has 60 valence electrons. The van der Waals surface area contributed by atoms with Crippen LogP contribution in [-0.4, -0.2) is 0 Å². The molecule has 0 unspecified atom stereocenters. The van der Waals surface area contributed by atoms with Gasteiger partial charge in [-0.3, -0.25) is 0 Å². The van der Waals surface area contributed by atoms with Gasteiger partial charge in [-0.15, -0.1) is 6.58 Å². The third-order valence-electron chi connectivity index (χ3n) is 1.77. The molecule has 1 heterocycles. The summed E-state index contributed by atoms with van der Waals surface area (Å²) >= 11 is 0. The summed E-state index contributed by atoms with van der Waals surface area (Å²) in [5.74, 6) is 1.72. The first-order chi connectivity index (χ1) is 5.15. The molecule has 0 spiro atoms. The second kappa shape index (κ2) is 2.93. The largest absolute Gasteiger partial charge is 0.464 e. The van der Waals surface area contributed by atoms with Crippen molar-refractivity contribution in [1.29, 1.82) is 0 Å². The first-order valence-corrected chi connectivity index (χ1v) is 3.60. The van der Waals surface area contributed by atoms with Crippen molar-refractivity contribution >= 4 is 0 Å². The van der Waals surface area contributed by atoms with Gasteiger partial charge in [0.1, 0.15) is 11.5 Å². The van der Waals surface area contributed by atoms with Crippen LogP contribution in [0.25, 0.3) is 0 Å². The minimum Gasteiger partial charge on any atom is -0.464 e. The van der Waals surface area contributed by atoms with Gasteiger partial charge in [0.15, 0.2) is 0 Å². The summed E-state index contributed by atoms with van der Waals surface area (Å²) in [5.41, 5.74) is 6.80. The van der Waals surface area contributed by atoms with Crippen molar-refractivity contribution in [3.05, 3.63) is 35.8 Å². The normalized spacial score (nSPS) is 13.0. The van der Waals surface area contributed by atoms with E-state index in [0.29, 0.717) is 0 Å². The maximum Gasteiger partial charge on any atom is 0.125 e. The van der Waals surface area contributed by atoms with Gasteiger partial charge in [0.25, 0.3) is 0 Å². The number of hydrogen-bond donors (Lipinski definition) is 1. The summed E-state index contributed by atoms with van der Waals surface area (Å²) in [6, 6.07) is 1.77. The third-order valence-corrected chi connectivity index (χ3v) is 1.77. The summed E-state index contributed by atoms with van der Waals surface area (Å²) in [6.45, 7) is 7.51. The lowest BCUT2D eigenvalue weighted by molar-refractivity contribution is 0.468. The van der Waals surface area contributed by atoms with Crippen LogP contribution >= 0.6 is 0 Å². The molecule has 2 nitrogen and oxygen atoms in total. The molecule has 0 aliphatic heterocycles. The monoisotopic (exact) mass is 151 g/mol. The van der Waals surface area contributed by atoms with Crippen LogP contribution in [0, 0.1) is 13.8 Å². The van der Waals surface area contributed by atoms with Crippen molar-refractivity contribution in [3.8, 4) is 0 Å². The minimum atomic E-state index is -0.178. The summed E-state index contributed by atoms with van der Waals surface area (Å²) < 4.78 is 5.37. The SMILES string of the molecule is C=C[C@H](N)c1cc(C)c(C)o1. The van der Waals surface area contributed by atoms with Crippen LogP contribution in [0.4, 0.5) is 0 Å². The lowest BCUT2D eigenvalue weighted by atomic mass is 10.2. The van der Waals surface area contributed by atoms with Gasteiger partial charge in [0.05, 0.1) is 6.04 Å². The summed E-state index contributed by atoms with van der Waals surface area (Å²) in [6.07, 6.45) is 1.66. The van der Waals surface area contributed by atoms with Gasteiger partial charge in [-0.1, -0.05) is 6.08 Å². The van der Waals surface area contributed by atoms with Crippen LogP contribution in [0.3, 0.4) is 0 Å². The average Bonchev–Trinajstić information content (AvgIpc) is 2.31. The first kappa shape index (κ1) is 8.08. The van der Waals surface area contributed by atoms with Crippen LogP contribution in [0.5, 0.6) is 0 Å². The summed E-state index contributed by atoms with van der Waals surface area (Å²) in [7, 11) is 0. The van der Waals surface area contributed by atoms with E-state index in [-0.39, 0.29) is 6.04 Å². The highest BCUT2D eigenvalue weighted by molar-refractivity contribution is 5.22. The van der Waals surface area contributed by atoms with Crippen LogP contribution in [-0.2, 0) is 0 Å². The molecule has 1 rings (SSSR count). The fourth-order valence-electron chi connectivity index (χ4n) is 0.882. The van der Waals surface area contributed by atoms with Gasteiger partial charge in [-0.25, -0.2) is 0 Å². The smallest absolute Gasteiger partial charge is 0.125 e. The Balaban J connectivity index is 2.96. The predicted octanol–water partition coefficient (Wildman–Crippen LogP) is 2.08. The molecule has 0 saturated heterocycles. The van der Waals surface area contributed by atoms with Crippen LogP contribution in [0.15, 0.2) is 23.1 Å². The number of aryl methyl sites for hydroxylation is 2.